The SMILES string of the molecule is NCc1oc2ccccc2c1Cn1nnc2ccccc21. The van der Waals surface area contributed by atoms with Gasteiger partial charge in [0.1, 0.15) is 16.9 Å². The zero-order valence-corrected chi connectivity index (χ0v) is 11.4. The third-order valence-corrected chi connectivity index (χ3v) is 3.70. The van der Waals surface area contributed by atoms with E-state index in [-0.39, 0.29) is 0 Å². The highest BCUT2D eigenvalue weighted by molar-refractivity contribution is 5.82. The molecule has 0 bridgehead atoms. The summed E-state index contributed by atoms with van der Waals surface area (Å²) < 4.78 is 7.70. The monoisotopic (exact) mass is 278 g/mol. The van der Waals surface area contributed by atoms with Crippen LogP contribution in [0.3, 0.4) is 0 Å². The fraction of sp³-hybridized carbons (Fsp3) is 0.125. The second-order valence-electron chi connectivity index (χ2n) is 4.94. The lowest BCUT2D eigenvalue weighted by molar-refractivity contribution is 0.538. The van der Waals surface area contributed by atoms with Crippen molar-refractivity contribution in [3.63, 3.8) is 0 Å². The number of aromatic nitrogens is 3. The summed E-state index contributed by atoms with van der Waals surface area (Å²) in [7, 11) is 0. The largest absolute Gasteiger partial charge is 0.459 e. The summed E-state index contributed by atoms with van der Waals surface area (Å²) in [4.78, 5) is 0. The first-order chi connectivity index (χ1) is 10.4. The molecular formula is C16H14N4O. The Morgan fingerprint density at radius 3 is 2.76 bits per heavy atom. The Morgan fingerprint density at radius 1 is 1.05 bits per heavy atom. The predicted octanol–water partition coefficient (Wildman–Crippen LogP) is 2.68. The molecule has 5 heteroatoms. The minimum atomic E-state index is 0.372. The van der Waals surface area contributed by atoms with Gasteiger partial charge in [0.15, 0.2) is 0 Å². The quantitative estimate of drug-likeness (QED) is 0.625. The van der Waals surface area contributed by atoms with Crippen LogP contribution < -0.4 is 5.73 Å². The van der Waals surface area contributed by atoms with Crippen molar-refractivity contribution in [2.75, 3.05) is 0 Å². The Hall–Kier alpha value is -2.66. The van der Waals surface area contributed by atoms with E-state index in [1.165, 1.54) is 0 Å². The van der Waals surface area contributed by atoms with E-state index in [0.717, 1.165) is 33.3 Å². The molecule has 0 aliphatic carbocycles. The molecular weight excluding hydrogens is 264 g/mol. The summed E-state index contributed by atoms with van der Waals surface area (Å²) in [5, 5.41) is 9.50. The molecule has 0 radical (unpaired) electrons. The number of furan rings is 1. The second kappa shape index (κ2) is 4.71. The van der Waals surface area contributed by atoms with Crippen LogP contribution in [0.15, 0.2) is 52.9 Å². The number of nitrogens with two attached hydrogens (primary N) is 1. The average molecular weight is 278 g/mol. The molecule has 4 aromatic rings. The highest BCUT2D eigenvalue weighted by atomic mass is 16.3. The van der Waals surface area contributed by atoms with E-state index >= 15 is 0 Å². The minimum absolute atomic E-state index is 0.372. The van der Waals surface area contributed by atoms with Crippen molar-refractivity contribution in [2.45, 2.75) is 13.1 Å². The molecule has 2 aromatic carbocycles. The maximum absolute atomic E-state index is 5.82. The molecule has 0 atom stereocenters. The number of hydrogen-bond acceptors (Lipinski definition) is 4. The number of para-hydroxylation sites is 2. The topological polar surface area (TPSA) is 69.9 Å². The van der Waals surface area contributed by atoms with Gasteiger partial charge in [0, 0.05) is 10.9 Å². The number of nitrogens with zero attached hydrogens (tertiary/aromatic N) is 3. The lowest BCUT2D eigenvalue weighted by Crippen LogP contribution is -2.05. The van der Waals surface area contributed by atoms with E-state index in [9.17, 15) is 0 Å². The summed E-state index contributed by atoms with van der Waals surface area (Å²) in [6.45, 7) is 0.973. The van der Waals surface area contributed by atoms with Crippen LogP contribution >= 0.6 is 0 Å². The zero-order valence-electron chi connectivity index (χ0n) is 11.4. The Labute approximate surface area is 121 Å². The summed E-state index contributed by atoms with van der Waals surface area (Å²) >= 11 is 0. The molecule has 0 unspecified atom stereocenters. The van der Waals surface area contributed by atoms with Crippen LogP contribution in [0.1, 0.15) is 11.3 Å². The Bertz CT molecular complexity index is 922. The molecule has 2 aromatic heterocycles. The van der Waals surface area contributed by atoms with Gasteiger partial charge in [0.05, 0.1) is 18.6 Å². The molecule has 0 fully saturated rings. The van der Waals surface area contributed by atoms with Crippen LogP contribution in [0.5, 0.6) is 0 Å². The Morgan fingerprint density at radius 2 is 1.86 bits per heavy atom. The first-order valence-electron chi connectivity index (χ1n) is 6.84. The fourth-order valence-electron chi connectivity index (χ4n) is 2.67. The second-order valence-corrected chi connectivity index (χ2v) is 4.94. The Kier molecular flexibility index (Phi) is 2.72. The molecule has 0 aliphatic rings. The first-order valence-corrected chi connectivity index (χ1v) is 6.84. The van der Waals surface area contributed by atoms with Crippen molar-refractivity contribution in [1.82, 2.24) is 15.0 Å². The maximum Gasteiger partial charge on any atom is 0.134 e. The highest BCUT2D eigenvalue weighted by Gasteiger charge is 2.14. The van der Waals surface area contributed by atoms with Crippen LogP contribution in [0.4, 0.5) is 0 Å². The summed E-state index contributed by atoms with van der Waals surface area (Å²) in [6.07, 6.45) is 0. The molecule has 2 N–H and O–H groups in total. The van der Waals surface area contributed by atoms with Crippen molar-refractivity contribution >= 4 is 22.0 Å². The van der Waals surface area contributed by atoms with Gasteiger partial charge in [-0.1, -0.05) is 35.5 Å². The van der Waals surface area contributed by atoms with Crippen molar-refractivity contribution in [3.8, 4) is 0 Å². The smallest absolute Gasteiger partial charge is 0.134 e. The van der Waals surface area contributed by atoms with Gasteiger partial charge < -0.3 is 10.2 Å². The van der Waals surface area contributed by atoms with E-state index in [0.29, 0.717) is 13.1 Å². The van der Waals surface area contributed by atoms with Crippen molar-refractivity contribution in [1.29, 1.82) is 0 Å². The molecule has 21 heavy (non-hydrogen) atoms. The van der Waals surface area contributed by atoms with Crippen LogP contribution in [-0.2, 0) is 13.1 Å². The first kappa shape index (κ1) is 12.1. The zero-order chi connectivity index (χ0) is 14.2. The summed E-state index contributed by atoms with van der Waals surface area (Å²) in [6, 6.07) is 15.9. The van der Waals surface area contributed by atoms with E-state index in [1.54, 1.807) is 0 Å². The molecule has 0 spiro atoms. The van der Waals surface area contributed by atoms with Gasteiger partial charge in [-0.2, -0.15) is 0 Å². The molecule has 5 nitrogen and oxygen atoms in total. The van der Waals surface area contributed by atoms with Crippen LogP contribution in [0.2, 0.25) is 0 Å². The maximum atomic E-state index is 5.82. The van der Waals surface area contributed by atoms with Crippen LogP contribution in [0, 0.1) is 0 Å². The van der Waals surface area contributed by atoms with Gasteiger partial charge in [-0.3, -0.25) is 0 Å². The summed E-state index contributed by atoms with van der Waals surface area (Å²) in [5.74, 6) is 0.802. The van der Waals surface area contributed by atoms with E-state index in [4.69, 9.17) is 10.2 Å². The van der Waals surface area contributed by atoms with Gasteiger partial charge in [-0.05, 0) is 18.2 Å². The number of fused-ring (bicyclic) bond motifs is 2. The van der Waals surface area contributed by atoms with Crippen LogP contribution in [0.25, 0.3) is 22.0 Å². The molecule has 4 rings (SSSR count). The van der Waals surface area contributed by atoms with Crippen molar-refractivity contribution < 1.29 is 4.42 Å². The molecule has 0 aliphatic heterocycles. The minimum Gasteiger partial charge on any atom is -0.459 e. The normalized spacial score (nSPS) is 11.5. The highest BCUT2D eigenvalue weighted by Crippen LogP contribution is 2.27. The third-order valence-electron chi connectivity index (χ3n) is 3.70. The number of hydrogen-bond donors (Lipinski definition) is 1. The molecule has 0 saturated carbocycles. The van der Waals surface area contributed by atoms with Gasteiger partial charge in [-0.25, -0.2) is 4.68 Å². The van der Waals surface area contributed by atoms with Gasteiger partial charge >= 0.3 is 0 Å². The van der Waals surface area contributed by atoms with Gasteiger partial charge in [-0.15, -0.1) is 5.10 Å². The van der Waals surface area contributed by atoms with Crippen LogP contribution in [-0.4, -0.2) is 15.0 Å². The molecule has 0 saturated heterocycles. The standard InChI is InChI=1S/C16H14N4O/c17-9-16-12(11-5-1-4-8-15(11)21-16)10-20-14-7-3-2-6-13(14)18-19-20/h1-8H,9-10,17H2. The molecule has 104 valence electrons. The third kappa shape index (κ3) is 1.90. The number of rotatable bonds is 3. The van der Waals surface area contributed by atoms with Crippen molar-refractivity contribution in [2.24, 2.45) is 5.73 Å². The Balaban J connectivity index is 1.87. The molecule has 0 amide bonds. The van der Waals surface area contributed by atoms with Crippen molar-refractivity contribution in [3.05, 3.63) is 59.9 Å². The molecule has 2 heterocycles. The summed E-state index contributed by atoms with van der Waals surface area (Å²) in [5.41, 5.74) is 9.64. The van der Waals surface area contributed by atoms with E-state index in [2.05, 4.69) is 10.3 Å². The van der Waals surface area contributed by atoms with Gasteiger partial charge in [0.25, 0.3) is 0 Å². The predicted molar refractivity (Wildman–Crippen MR) is 80.7 cm³/mol. The average Bonchev–Trinajstić information content (AvgIpc) is 3.10. The van der Waals surface area contributed by atoms with E-state index in [1.807, 2.05) is 53.2 Å². The lowest BCUT2D eigenvalue weighted by Gasteiger charge is -2.03. The lowest BCUT2D eigenvalue weighted by atomic mass is 10.1. The van der Waals surface area contributed by atoms with Gasteiger partial charge in [0.2, 0.25) is 0 Å². The van der Waals surface area contributed by atoms with E-state index < -0.39 is 0 Å². The fourth-order valence-corrected chi connectivity index (χ4v) is 2.67. The number of benzene rings is 2.